The highest BCUT2D eigenvalue weighted by Crippen LogP contribution is 2.25. The first-order valence-electron chi connectivity index (χ1n) is 7.89. The molecule has 2 aromatic rings. The van der Waals surface area contributed by atoms with Gasteiger partial charge in [-0.2, -0.15) is 0 Å². The highest BCUT2D eigenvalue weighted by Gasteiger charge is 2.18. The Labute approximate surface area is 158 Å². The Bertz CT molecular complexity index is 1050. The number of carbonyl (C=O) groups excluding carboxylic acids is 1. The van der Waals surface area contributed by atoms with Gasteiger partial charge in [0.15, 0.2) is 9.84 Å². The fourth-order valence-electron chi connectivity index (χ4n) is 2.30. The number of anilines is 1. The number of nitrogens with two attached hydrogens (primary N) is 1. The molecule has 0 aliphatic carbocycles. The third kappa shape index (κ3) is 5.52. The van der Waals surface area contributed by atoms with E-state index in [-0.39, 0.29) is 28.6 Å². The summed E-state index contributed by atoms with van der Waals surface area (Å²) in [7, 11) is -7.71. The molecule has 0 unspecified atom stereocenters. The zero-order valence-electron chi connectivity index (χ0n) is 14.8. The second-order valence-electron chi connectivity index (χ2n) is 5.75. The Morgan fingerprint density at radius 3 is 2.22 bits per heavy atom. The van der Waals surface area contributed by atoms with E-state index in [1.807, 2.05) is 0 Å². The Morgan fingerprint density at radius 1 is 1.07 bits per heavy atom. The van der Waals surface area contributed by atoms with E-state index in [0.717, 1.165) is 17.9 Å². The summed E-state index contributed by atoms with van der Waals surface area (Å²) >= 11 is 0. The SMILES string of the molecule is CCOC(=O)c1ccc(CNc2ccc(S(N)(=O)=O)cc2S(C)(=O)=O)cc1. The molecule has 2 rings (SSSR count). The summed E-state index contributed by atoms with van der Waals surface area (Å²) < 4.78 is 51.8. The first-order valence-corrected chi connectivity index (χ1v) is 11.3. The van der Waals surface area contributed by atoms with Crippen molar-refractivity contribution in [2.75, 3.05) is 18.2 Å². The number of esters is 1. The van der Waals surface area contributed by atoms with Gasteiger partial charge in [0.2, 0.25) is 10.0 Å². The molecule has 0 heterocycles. The first-order chi connectivity index (χ1) is 12.5. The molecule has 0 atom stereocenters. The monoisotopic (exact) mass is 412 g/mol. The number of rotatable bonds is 7. The molecule has 0 amide bonds. The van der Waals surface area contributed by atoms with Gasteiger partial charge in [-0.1, -0.05) is 12.1 Å². The van der Waals surface area contributed by atoms with E-state index in [1.165, 1.54) is 12.1 Å². The Hall–Kier alpha value is -2.43. The first kappa shape index (κ1) is 20.9. The third-order valence-corrected chi connectivity index (χ3v) is 5.68. The molecule has 0 bridgehead atoms. The number of hydrogen-bond acceptors (Lipinski definition) is 7. The van der Waals surface area contributed by atoms with E-state index in [0.29, 0.717) is 5.56 Å². The molecule has 8 nitrogen and oxygen atoms in total. The Balaban J connectivity index is 2.24. The van der Waals surface area contributed by atoms with Crippen LogP contribution in [-0.2, 0) is 31.1 Å². The normalized spacial score (nSPS) is 11.8. The average Bonchev–Trinajstić information content (AvgIpc) is 2.59. The summed E-state index contributed by atoms with van der Waals surface area (Å²) in [5.41, 5.74) is 1.45. The minimum absolute atomic E-state index is 0.169. The van der Waals surface area contributed by atoms with Gasteiger partial charge in [0.25, 0.3) is 0 Å². The molecule has 27 heavy (non-hydrogen) atoms. The van der Waals surface area contributed by atoms with Crippen LogP contribution in [0.1, 0.15) is 22.8 Å². The van der Waals surface area contributed by atoms with Crippen LogP contribution in [0, 0.1) is 0 Å². The highest BCUT2D eigenvalue weighted by molar-refractivity contribution is 7.91. The molecule has 0 aromatic heterocycles. The Kier molecular flexibility index (Phi) is 6.24. The number of benzene rings is 2. The fraction of sp³-hybridized carbons (Fsp3) is 0.235. The number of hydrogen-bond donors (Lipinski definition) is 2. The number of primary sulfonamides is 1. The molecular formula is C17H20N2O6S2. The predicted octanol–water partition coefficient (Wildman–Crippen LogP) is 1.53. The number of nitrogens with one attached hydrogen (secondary N) is 1. The molecule has 0 aliphatic heterocycles. The summed E-state index contributed by atoms with van der Waals surface area (Å²) in [4.78, 5) is 11.2. The maximum Gasteiger partial charge on any atom is 0.338 e. The number of ether oxygens (including phenoxy) is 1. The molecule has 146 valence electrons. The lowest BCUT2D eigenvalue weighted by Gasteiger charge is -2.12. The molecule has 2 aromatic carbocycles. The molecule has 0 saturated carbocycles. The summed E-state index contributed by atoms with van der Waals surface area (Å²) in [6.07, 6.45) is 0.981. The lowest BCUT2D eigenvalue weighted by atomic mass is 10.1. The summed E-state index contributed by atoms with van der Waals surface area (Å²) in [5.74, 6) is -0.421. The van der Waals surface area contributed by atoms with E-state index in [2.05, 4.69) is 5.32 Å². The predicted molar refractivity (Wildman–Crippen MR) is 101 cm³/mol. The second kappa shape index (κ2) is 8.07. The van der Waals surface area contributed by atoms with Gasteiger partial charge >= 0.3 is 5.97 Å². The van der Waals surface area contributed by atoms with Gasteiger partial charge in [0.05, 0.1) is 27.6 Å². The van der Waals surface area contributed by atoms with Crippen molar-refractivity contribution in [3.63, 3.8) is 0 Å². The van der Waals surface area contributed by atoms with Crippen LogP contribution in [0.4, 0.5) is 5.69 Å². The lowest BCUT2D eigenvalue weighted by molar-refractivity contribution is 0.0526. The van der Waals surface area contributed by atoms with Crippen LogP contribution < -0.4 is 10.5 Å². The van der Waals surface area contributed by atoms with E-state index >= 15 is 0 Å². The Morgan fingerprint density at radius 2 is 1.70 bits per heavy atom. The minimum Gasteiger partial charge on any atom is -0.462 e. The van der Waals surface area contributed by atoms with Crippen LogP contribution in [0.25, 0.3) is 0 Å². The van der Waals surface area contributed by atoms with Crippen molar-refractivity contribution in [2.24, 2.45) is 5.14 Å². The molecule has 0 saturated heterocycles. The summed E-state index contributed by atoms with van der Waals surface area (Å²) in [5, 5.41) is 8.02. The molecule has 0 fully saturated rings. The van der Waals surface area contributed by atoms with Gasteiger partial charge in [-0.15, -0.1) is 0 Å². The molecule has 10 heteroatoms. The largest absolute Gasteiger partial charge is 0.462 e. The van der Waals surface area contributed by atoms with Crippen LogP contribution in [0.15, 0.2) is 52.3 Å². The lowest BCUT2D eigenvalue weighted by Crippen LogP contribution is -2.14. The van der Waals surface area contributed by atoms with Crippen LogP contribution in [0.3, 0.4) is 0 Å². The van der Waals surface area contributed by atoms with E-state index < -0.39 is 25.8 Å². The average molecular weight is 412 g/mol. The highest BCUT2D eigenvalue weighted by atomic mass is 32.2. The van der Waals surface area contributed by atoms with Crippen LogP contribution in [-0.4, -0.2) is 35.7 Å². The van der Waals surface area contributed by atoms with Gasteiger partial charge in [-0.05, 0) is 42.8 Å². The van der Waals surface area contributed by atoms with Crippen LogP contribution in [0.5, 0.6) is 0 Å². The van der Waals surface area contributed by atoms with E-state index in [4.69, 9.17) is 9.88 Å². The van der Waals surface area contributed by atoms with Gasteiger partial charge in [0.1, 0.15) is 0 Å². The zero-order valence-corrected chi connectivity index (χ0v) is 16.4. The van der Waals surface area contributed by atoms with Gasteiger partial charge < -0.3 is 10.1 Å². The fourth-order valence-corrected chi connectivity index (χ4v) is 3.80. The zero-order chi connectivity index (χ0) is 20.2. The van der Waals surface area contributed by atoms with Crippen molar-refractivity contribution < 1.29 is 26.4 Å². The molecule has 0 radical (unpaired) electrons. The third-order valence-electron chi connectivity index (χ3n) is 3.63. The number of sulfone groups is 1. The maximum absolute atomic E-state index is 12.0. The van der Waals surface area contributed by atoms with Crippen molar-refractivity contribution in [2.45, 2.75) is 23.3 Å². The quantitative estimate of drug-likeness (QED) is 0.659. The molecule has 0 aliphatic rings. The van der Waals surface area contributed by atoms with Crippen molar-refractivity contribution >= 4 is 31.5 Å². The van der Waals surface area contributed by atoms with Crippen LogP contribution in [0.2, 0.25) is 0 Å². The topological polar surface area (TPSA) is 133 Å². The van der Waals surface area contributed by atoms with Crippen molar-refractivity contribution in [3.8, 4) is 0 Å². The van der Waals surface area contributed by atoms with Gasteiger partial charge in [-0.3, -0.25) is 0 Å². The van der Waals surface area contributed by atoms with Crippen molar-refractivity contribution in [3.05, 3.63) is 53.6 Å². The smallest absolute Gasteiger partial charge is 0.338 e. The molecule has 0 spiro atoms. The maximum atomic E-state index is 12.0. The minimum atomic E-state index is -4.02. The standard InChI is InChI=1S/C17H20N2O6S2/c1-3-25-17(20)13-6-4-12(5-7-13)11-19-15-9-8-14(27(18,23)24)10-16(15)26(2,21)22/h4-10,19H,3,11H2,1-2H3,(H2,18,23,24). The van der Waals surface area contributed by atoms with E-state index in [9.17, 15) is 21.6 Å². The van der Waals surface area contributed by atoms with E-state index in [1.54, 1.807) is 31.2 Å². The number of carbonyl (C=O) groups is 1. The van der Waals surface area contributed by atoms with Crippen molar-refractivity contribution in [1.82, 2.24) is 0 Å². The molecular weight excluding hydrogens is 392 g/mol. The summed E-state index contributed by atoms with van der Waals surface area (Å²) in [6, 6.07) is 10.2. The second-order valence-corrected chi connectivity index (χ2v) is 9.29. The van der Waals surface area contributed by atoms with Crippen LogP contribution >= 0.6 is 0 Å². The van der Waals surface area contributed by atoms with Gasteiger partial charge in [0, 0.05) is 12.8 Å². The van der Waals surface area contributed by atoms with Gasteiger partial charge in [-0.25, -0.2) is 26.8 Å². The molecule has 3 N–H and O–H groups in total. The van der Waals surface area contributed by atoms with Crippen molar-refractivity contribution in [1.29, 1.82) is 0 Å². The summed E-state index contributed by atoms with van der Waals surface area (Å²) in [6.45, 7) is 2.27. The number of sulfonamides is 1.